The standard InChI is InChI=1S/C23H21N5O/c1-23(2)8-7-19(16-5-3-14(11-24)9-18(16)23)26-15-4-6-20-17(10-15)22(28-27-20)21-12-25-13-29-21/h3-6,9-10,12-13,19,26H,7-8H2,1-2H3,(H,27,28)/t19-/m1/s1. The number of anilines is 1. The second-order valence-electron chi connectivity index (χ2n) is 8.23. The first kappa shape index (κ1) is 17.5. The topological polar surface area (TPSA) is 90.5 Å². The summed E-state index contributed by atoms with van der Waals surface area (Å²) in [5.41, 5.74) is 6.04. The largest absolute Gasteiger partial charge is 0.442 e. The average molecular weight is 383 g/mol. The van der Waals surface area contributed by atoms with Crippen LogP contribution in [0.3, 0.4) is 0 Å². The molecule has 1 aliphatic carbocycles. The minimum Gasteiger partial charge on any atom is -0.442 e. The van der Waals surface area contributed by atoms with Crippen molar-refractivity contribution in [1.29, 1.82) is 5.26 Å². The smallest absolute Gasteiger partial charge is 0.181 e. The summed E-state index contributed by atoms with van der Waals surface area (Å²) < 4.78 is 5.43. The van der Waals surface area contributed by atoms with E-state index in [-0.39, 0.29) is 11.5 Å². The van der Waals surface area contributed by atoms with E-state index in [0.29, 0.717) is 11.3 Å². The van der Waals surface area contributed by atoms with Gasteiger partial charge in [0, 0.05) is 11.1 Å². The Morgan fingerprint density at radius 1 is 1.24 bits per heavy atom. The molecule has 0 bridgehead atoms. The number of nitrogens with one attached hydrogen (secondary N) is 2. The molecule has 1 atom stereocenters. The van der Waals surface area contributed by atoms with Crippen LogP contribution in [0.4, 0.5) is 5.69 Å². The van der Waals surface area contributed by atoms with Gasteiger partial charge in [0.2, 0.25) is 0 Å². The normalized spacial score (nSPS) is 17.6. The Kier molecular flexibility index (Phi) is 3.92. The molecule has 2 aromatic carbocycles. The molecule has 29 heavy (non-hydrogen) atoms. The summed E-state index contributed by atoms with van der Waals surface area (Å²) in [5, 5.41) is 21.4. The van der Waals surface area contributed by atoms with E-state index >= 15 is 0 Å². The van der Waals surface area contributed by atoms with E-state index in [9.17, 15) is 5.26 Å². The van der Waals surface area contributed by atoms with Gasteiger partial charge in [-0.2, -0.15) is 10.4 Å². The van der Waals surface area contributed by atoms with Crippen molar-refractivity contribution in [1.82, 2.24) is 15.2 Å². The zero-order valence-electron chi connectivity index (χ0n) is 16.4. The van der Waals surface area contributed by atoms with Crippen molar-refractivity contribution >= 4 is 16.6 Å². The summed E-state index contributed by atoms with van der Waals surface area (Å²) in [5.74, 6) is 0.641. The molecule has 4 aromatic rings. The Labute approximate surface area is 168 Å². The van der Waals surface area contributed by atoms with Gasteiger partial charge >= 0.3 is 0 Å². The van der Waals surface area contributed by atoms with E-state index in [4.69, 9.17) is 4.42 Å². The maximum absolute atomic E-state index is 9.31. The lowest BCUT2D eigenvalue weighted by molar-refractivity contribution is 0.406. The number of nitriles is 1. The number of aromatic nitrogens is 3. The Balaban J connectivity index is 1.52. The SMILES string of the molecule is CC1(C)CC[C@@H](Nc2ccc3[nH]nc(-c4cnco4)c3c2)c2ccc(C#N)cc21. The number of nitrogens with zero attached hydrogens (tertiary/aromatic N) is 3. The molecule has 144 valence electrons. The lowest BCUT2D eigenvalue weighted by Gasteiger charge is -2.38. The molecule has 6 heteroatoms. The van der Waals surface area contributed by atoms with Gasteiger partial charge in [-0.15, -0.1) is 0 Å². The summed E-state index contributed by atoms with van der Waals surface area (Å²) in [6.45, 7) is 4.51. The maximum Gasteiger partial charge on any atom is 0.181 e. The van der Waals surface area contributed by atoms with Crippen LogP contribution in [0.15, 0.2) is 53.4 Å². The van der Waals surface area contributed by atoms with Crippen LogP contribution >= 0.6 is 0 Å². The molecule has 2 N–H and O–H groups in total. The van der Waals surface area contributed by atoms with E-state index in [0.717, 1.165) is 35.1 Å². The minimum atomic E-state index is 0.0638. The molecule has 0 saturated carbocycles. The highest BCUT2D eigenvalue weighted by molar-refractivity contribution is 5.93. The number of rotatable bonds is 3. The predicted molar refractivity (Wildman–Crippen MR) is 111 cm³/mol. The summed E-state index contributed by atoms with van der Waals surface area (Å²) in [7, 11) is 0. The molecular formula is C23H21N5O. The number of benzene rings is 2. The Bertz CT molecular complexity index is 1230. The van der Waals surface area contributed by atoms with E-state index in [1.165, 1.54) is 17.5 Å². The van der Waals surface area contributed by atoms with Crippen LogP contribution in [-0.4, -0.2) is 15.2 Å². The zero-order chi connectivity index (χ0) is 20.0. The number of hydrogen-bond donors (Lipinski definition) is 2. The second-order valence-corrected chi connectivity index (χ2v) is 8.23. The van der Waals surface area contributed by atoms with Crippen molar-refractivity contribution in [3.05, 3.63) is 65.7 Å². The Hall–Kier alpha value is -3.59. The molecule has 2 heterocycles. The van der Waals surface area contributed by atoms with Gasteiger partial charge in [0.25, 0.3) is 0 Å². The first-order valence-electron chi connectivity index (χ1n) is 9.73. The molecule has 0 radical (unpaired) electrons. The fourth-order valence-corrected chi connectivity index (χ4v) is 4.29. The van der Waals surface area contributed by atoms with Gasteiger partial charge in [-0.05, 0) is 59.7 Å². The molecule has 0 aliphatic heterocycles. The van der Waals surface area contributed by atoms with Crippen molar-refractivity contribution in [2.75, 3.05) is 5.32 Å². The predicted octanol–water partition coefficient (Wildman–Crippen LogP) is 5.31. The number of hydrogen-bond acceptors (Lipinski definition) is 5. The summed E-state index contributed by atoms with van der Waals surface area (Å²) in [4.78, 5) is 3.99. The van der Waals surface area contributed by atoms with Crippen molar-refractivity contribution in [2.45, 2.75) is 38.1 Å². The van der Waals surface area contributed by atoms with Crippen molar-refractivity contribution in [3.8, 4) is 17.5 Å². The van der Waals surface area contributed by atoms with Gasteiger partial charge in [0.15, 0.2) is 12.2 Å². The van der Waals surface area contributed by atoms with Gasteiger partial charge in [-0.1, -0.05) is 19.9 Å². The maximum atomic E-state index is 9.31. The van der Waals surface area contributed by atoms with Crippen molar-refractivity contribution in [2.24, 2.45) is 0 Å². The van der Waals surface area contributed by atoms with Gasteiger partial charge in [-0.3, -0.25) is 5.10 Å². The van der Waals surface area contributed by atoms with Crippen molar-refractivity contribution in [3.63, 3.8) is 0 Å². The molecule has 2 aromatic heterocycles. The minimum absolute atomic E-state index is 0.0638. The first-order chi connectivity index (χ1) is 14.0. The quantitative estimate of drug-likeness (QED) is 0.500. The molecule has 5 rings (SSSR count). The Morgan fingerprint density at radius 3 is 2.93 bits per heavy atom. The van der Waals surface area contributed by atoms with Gasteiger partial charge in [-0.25, -0.2) is 4.98 Å². The number of oxazole rings is 1. The van der Waals surface area contributed by atoms with E-state index < -0.39 is 0 Å². The van der Waals surface area contributed by atoms with Gasteiger partial charge < -0.3 is 9.73 Å². The third-order valence-corrected chi connectivity index (χ3v) is 5.91. The third-order valence-electron chi connectivity index (χ3n) is 5.91. The average Bonchev–Trinajstić information content (AvgIpc) is 3.39. The highest BCUT2D eigenvalue weighted by Gasteiger charge is 2.33. The fourth-order valence-electron chi connectivity index (χ4n) is 4.29. The summed E-state index contributed by atoms with van der Waals surface area (Å²) in [6.07, 6.45) is 5.17. The molecule has 6 nitrogen and oxygen atoms in total. The molecule has 0 unspecified atom stereocenters. The van der Waals surface area contributed by atoms with Gasteiger partial charge in [0.05, 0.1) is 29.4 Å². The number of fused-ring (bicyclic) bond motifs is 2. The van der Waals surface area contributed by atoms with E-state index in [1.807, 2.05) is 18.2 Å². The Morgan fingerprint density at radius 2 is 2.14 bits per heavy atom. The molecule has 0 fully saturated rings. The molecule has 1 aliphatic rings. The van der Waals surface area contributed by atoms with Crippen LogP contribution in [0.25, 0.3) is 22.4 Å². The third kappa shape index (κ3) is 2.95. The van der Waals surface area contributed by atoms with Crippen LogP contribution in [-0.2, 0) is 5.41 Å². The number of aromatic amines is 1. The lowest BCUT2D eigenvalue weighted by Crippen LogP contribution is -2.29. The fraction of sp³-hybridized carbons (Fsp3) is 0.261. The molecular weight excluding hydrogens is 362 g/mol. The van der Waals surface area contributed by atoms with Crippen LogP contribution in [0, 0.1) is 11.3 Å². The van der Waals surface area contributed by atoms with E-state index in [2.05, 4.69) is 58.6 Å². The zero-order valence-corrected chi connectivity index (χ0v) is 16.4. The van der Waals surface area contributed by atoms with Gasteiger partial charge in [0.1, 0.15) is 5.69 Å². The van der Waals surface area contributed by atoms with Crippen LogP contribution < -0.4 is 5.32 Å². The first-order valence-corrected chi connectivity index (χ1v) is 9.73. The highest BCUT2D eigenvalue weighted by Crippen LogP contribution is 2.43. The van der Waals surface area contributed by atoms with Crippen LogP contribution in [0.1, 0.15) is 49.4 Å². The molecule has 0 spiro atoms. The summed E-state index contributed by atoms with van der Waals surface area (Å²) in [6, 6.07) is 14.7. The molecule has 0 saturated heterocycles. The highest BCUT2D eigenvalue weighted by atomic mass is 16.3. The molecule has 0 amide bonds. The lowest BCUT2D eigenvalue weighted by atomic mass is 9.70. The second kappa shape index (κ2) is 6.49. The summed E-state index contributed by atoms with van der Waals surface area (Å²) >= 11 is 0. The van der Waals surface area contributed by atoms with Crippen molar-refractivity contribution < 1.29 is 4.42 Å². The monoisotopic (exact) mass is 383 g/mol. The van der Waals surface area contributed by atoms with Crippen LogP contribution in [0.2, 0.25) is 0 Å². The number of H-pyrrole nitrogens is 1. The van der Waals surface area contributed by atoms with E-state index in [1.54, 1.807) is 6.20 Å². The van der Waals surface area contributed by atoms with Crippen LogP contribution in [0.5, 0.6) is 0 Å².